The lowest BCUT2D eigenvalue weighted by Gasteiger charge is -2.18. The topological polar surface area (TPSA) is 82.8 Å². The molecule has 1 amide bonds. The van der Waals surface area contributed by atoms with Gasteiger partial charge in [0.15, 0.2) is 0 Å². The molecule has 1 aromatic rings. The van der Waals surface area contributed by atoms with Crippen LogP contribution in [0.4, 0.5) is 5.69 Å². The highest BCUT2D eigenvalue weighted by Crippen LogP contribution is 2.05. The van der Waals surface area contributed by atoms with E-state index >= 15 is 0 Å². The van der Waals surface area contributed by atoms with Crippen molar-refractivity contribution in [1.29, 1.82) is 0 Å². The first-order valence-corrected chi connectivity index (χ1v) is 6.20. The van der Waals surface area contributed by atoms with Gasteiger partial charge in [-0.15, -0.1) is 0 Å². The number of aliphatic imine (C=N–C) groups is 1. The summed E-state index contributed by atoms with van der Waals surface area (Å²) in [6, 6.07) is 8.99. The molecule has 4 N–H and O–H groups in total. The molecule has 0 heterocycles. The van der Waals surface area contributed by atoms with Crippen LogP contribution in [0.2, 0.25) is 0 Å². The normalized spacial score (nSPS) is 12.7. The van der Waals surface area contributed by atoms with Crippen LogP contribution in [0.1, 0.15) is 13.8 Å². The van der Waals surface area contributed by atoms with Crippen LogP contribution >= 0.6 is 0 Å². The number of nitrogens with one attached hydrogen (secondary N) is 2. The zero-order chi connectivity index (χ0) is 14.3. The van der Waals surface area contributed by atoms with Gasteiger partial charge in [0.2, 0.25) is 11.9 Å². The van der Waals surface area contributed by atoms with E-state index in [1.807, 2.05) is 37.3 Å². The molecule has 0 spiro atoms. The zero-order valence-electron chi connectivity index (χ0n) is 11.6. The summed E-state index contributed by atoms with van der Waals surface area (Å²) in [6.07, 6.45) is 0. The van der Waals surface area contributed by atoms with Crippen molar-refractivity contribution >= 4 is 17.6 Å². The van der Waals surface area contributed by atoms with E-state index in [-0.39, 0.29) is 5.91 Å². The summed E-state index contributed by atoms with van der Waals surface area (Å²) in [5.74, 6) is 5.72. The first kappa shape index (κ1) is 15.0. The minimum Gasteiger partial charge on any atom is -0.344 e. The molecule has 104 valence electrons. The lowest BCUT2D eigenvalue weighted by atomic mass is 10.3. The molecule has 1 unspecified atom stereocenters. The Morgan fingerprint density at radius 1 is 1.42 bits per heavy atom. The summed E-state index contributed by atoms with van der Waals surface area (Å²) < 4.78 is 0. The molecular weight excluding hydrogens is 242 g/mol. The van der Waals surface area contributed by atoms with Crippen molar-refractivity contribution < 1.29 is 4.79 Å². The Kier molecular flexibility index (Phi) is 5.81. The van der Waals surface area contributed by atoms with Crippen LogP contribution in [0.15, 0.2) is 35.3 Å². The molecule has 0 aliphatic rings. The number of carbonyl (C=O) groups is 1. The molecule has 6 nitrogen and oxygen atoms in total. The molecule has 19 heavy (non-hydrogen) atoms. The van der Waals surface area contributed by atoms with Crippen LogP contribution in [0.5, 0.6) is 0 Å². The van der Waals surface area contributed by atoms with Crippen molar-refractivity contribution in [3.63, 3.8) is 0 Å². The molecule has 0 radical (unpaired) electrons. The van der Waals surface area contributed by atoms with Gasteiger partial charge in [-0.1, -0.05) is 18.2 Å². The number of anilines is 1. The maximum Gasteiger partial charge on any atom is 0.246 e. The van der Waals surface area contributed by atoms with Gasteiger partial charge in [0.25, 0.3) is 0 Å². The van der Waals surface area contributed by atoms with Crippen LogP contribution < -0.4 is 16.6 Å². The third kappa shape index (κ3) is 4.59. The number of guanidine groups is 1. The van der Waals surface area contributed by atoms with Gasteiger partial charge in [0.1, 0.15) is 6.04 Å². The monoisotopic (exact) mass is 263 g/mol. The number of hydrogen-bond acceptors (Lipinski definition) is 3. The highest BCUT2D eigenvalue weighted by molar-refractivity contribution is 5.95. The maximum atomic E-state index is 11.9. The molecule has 0 fully saturated rings. The molecular formula is C13H21N5O. The van der Waals surface area contributed by atoms with Crippen molar-refractivity contribution in [3.05, 3.63) is 30.3 Å². The van der Waals surface area contributed by atoms with Gasteiger partial charge in [-0.2, -0.15) is 0 Å². The van der Waals surface area contributed by atoms with E-state index in [1.165, 1.54) is 0 Å². The lowest BCUT2D eigenvalue weighted by Crippen LogP contribution is -2.40. The fourth-order valence-electron chi connectivity index (χ4n) is 1.49. The molecule has 0 bridgehead atoms. The van der Waals surface area contributed by atoms with Gasteiger partial charge in [-0.25, -0.2) is 10.8 Å². The van der Waals surface area contributed by atoms with Gasteiger partial charge in [0.05, 0.1) is 0 Å². The van der Waals surface area contributed by atoms with Crippen molar-refractivity contribution in [1.82, 2.24) is 10.3 Å². The van der Waals surface area contributed by atoms with E-state index in [9.17, 15) is 4.79 Å². The van der Waals surface area contributed by atoms with Crippen LogP contribution in [0, 0.1) is 0 Å². The number of amides is 1. The van der Waals surface area contributed by atoms with Gasteiger partial charge < -0.3 is 10.2 Å². The molecule has 6 heteroatoms. The van der Waals surface area contributed by atoms with E-state index in [0.29, 0.717) is 12.5 Å². The predicted octanol–water partition coefficient (Wildman–Crippen LogP) is 0.785. The molecule has 0 aromatic heterocycles. The third-order valence-electron chi connectivity index (χ3n) is 2.70. The van der Waals surface area contributed by atoms with Crippen molar-refractivity contribution in [2.45, 2.75) is 19.9 Å². The minimum atomic E-state index is -0.493. The Labute approximate surface area is 113 Å². The molecule has 0 saturated carbocycles. The van der Waals surface area contributed by atoms with Crippen LogP contribution in [-0.2, 0) is 4.79 Å². The smallest absolute Gasteiger partial charge is 0.246 e. The van der Waals surface area contributed by atoms with Crippen molar-refractivity contribution in [2.75, 3.05) is 18.9 Å². The van der Waals surface area contributed by atoms with Gasteiger partial charge in [-0.3, -0.25) is 10.2 Å². The number of nitrogens with zero attached hydrogens (tertiary/aromatic N) is 2. The number of nitrogens with two attached hydrogens (primary N) is 1. The standard InChI is InChI=1S/C13H21N5O/c1-4-18(3)12(19)10(2)15-13(17-14)16-11-8-6-5-7-9-11/h5-10H,4,14H2,1-3H3,(H2,15,16,17). The van der Waals surface area contributed by atoms with E-state index < -0.39 is 6.04 Å². The summed E-state index contributed by atoms with van der Waals surface area (Å²) in [5.41, 5.74) is 3.31. The third-order valence-corrected chi connectivity index (χ3v) is 2.70. The summed E-state index contributed by atoms with van der Waals surface area (Å²) in [4.78, 5) is 17.8. The van der Waals surface area contributed by atoms with E-state index in [4.69, 9.17) is 5.84 Å². The molecule has 0 aliphatic carbocycles. The first-order chi connectivity index (χ1) is 9.08. The second-order valence-electron chi connectivity index (χ2n) is 4.14. The Morgan fingerprint density at radius 2 is 2.05 bits per heavy atom. The van der Waals surface area contributed by atoms with Crippen molar-refractivity contribution in [2.24, 2.45) is 10.8 Å². The lowest BCUT2D eigenvalue weighted by molar-refractivity contribution is -0.130. The van der Waals surface area contributed by atoms with Crippen LogP contribution in [-0.4, -0.2) is 36.4 Å². The number of likely N-dealkylation sites (N-methyl/N-ethyl adjacent to an activating group) is 1. The summed E-state index contributed by atoms with van der Waals surface area (Å²) >= 11 is 0. The van der Waals surface area contributed by atoms with Gasteiger partial charge in [-0.05, 0) is 26.0 Å². The highest BCUT2D eigenvalue weighted by atomic mass is 16.2. The summed E-state index contributed by atoms with van der Waals surface area (Å²) in [7, 11) is 1.74. The predicted molar refractivity (Wildman–Crippen MR) is 77.6 cm³/mol. The number of hydrogen-bond donors (Lipinski definition) is 3. The highest BCUT2D eigenvalue weighted by Gasteiger charge is 2.16. The summed E-state index contributed by atoms with van der Waals surface area (Å²) in [6.45, 7) is 4.30. The number of benzene rings is 1. The quantitative estimate of drug-likeness (QED) is 0.324. The average molecular weight is 263 g/mol. The Morgan fingerprint density at radius 3 is 2.58 bits per heavy atom. The Bertz CT molecular complexity index is 432. The first-order valence-electron chi connectivity index (χ1n) is 6.20. The Balaban J connectivity index is 2.73. The largest absolute Gasteiger partial charge is 0.344 e. The second-order valence-corrected chi connectivity index (χ2v) is 4.14. The van der Waals surface area contributed by atoms with Crippen molar-refractivity contribution in [3.8, 4) is 0 Å². The molecule has 1 rings (SSSR count). The zero-order valence-corrected chi connectivity index (χ0v) is 11.6. The number of carbonyl (C=O) groups excluding carboxylic acids is 1. The fourth-order valence-corrected chi connectivity index (χ4v) is 1.49. The second kappa shape index (κ2) is 7.38. The van der Waals surface area contributed by atoms with Gasteiger partial charge >= 0.3 is 0 Å². The number of rotatable bonds is 4. The van der Waals surface area contributed by atoms with Crippen LogP contribution in [0.3, 0.4) is 0 Å². The number of para-hydroxylation sites is 1. The molecule has 0 saturated heterocycles. The molecule has 1 atom stereocenters. The maximum absolute atomic E-state index is 11.9. The van der Waals surface area contributed by atoms with E-state index in [2.05, 4.69) is 15.7 Å². The number of hydrazine groups is 1. The van der Waals surface area contributed by atoms with E-state index in [0.717, 1.165) is 5.69 Å². The molecule has 1 aromatic carbocycles. The minimum absolute atomic E-state index is 0.0508. The fraction of sp³-hybridized carbons (Fsp3) is 0.385. The Hall–Kier alpha value is -2.08. The summed E-state index contributed by atoms with van der Waals surface area (Å²) in [5, 5.41) is 3.01. The van der Waals surface area contributed by atoms with Crippen LogP contribution in [0.25, 0.3) is 0 Å². The van der Waals surface area contributed by atoms with Gasteiger partial charge in [0, 0.05) is 19.3 Å². The van der Waals surface area contributed by atoms with E-state index in [1.54, 1.807) is 18.9 Å². The average Bonchev–Trinajstić information content (AvgIpc) is 2.45. The SMILES string of the molecule is CCN(C)C(=O)C(C)N=C(NN)Nc1ccccc1. The molecule has 0 aliphatic heterocycles.